The van der Waals surface area contributed by atoms with Gasteiger partial charge in [0.15, 0.2) is 16.9 Å². The van der Waals surface area contributed by atoms with Crippen LogP contribution in [-0.4, -0.2) is 30.0 Å². The Bertz CT molecular complexity index is 837. The minimum atomic E-state index is -0.796. The summed E-state index contributed by atoms with van der Waals surface area (Å²) in [5.41, 5.74) is 0.685. The predicted molar refractivity (Wildman–Crippen MR) is 102 cm³/mol. The summed E-state index contributed by atoms with van der Waals surface area (Å²) in [6.07, 6.45) is 2.40. The van der Waals surface area contributed by atoms with Crippen LogP contribution in [-0.2, 0) is 4.79 Å². The Morgan fingerprint density at radius 1 is 0.704 bits per heavy atom. The third-order valence-corrected chi connectivity index (χ3v) is 6.49. The maximum absolute atomic E-state index is 14.0. The maximum Gasteiger partial charge on any atom is 0.192 e. The van der Waals surface area contributed by atoms with Gasteiger partial charge in [0.1, 0.15) is 0 Å². The molecule has 136 valence electrons. The van der Waals surface area contributed by atoms with Gasteiger partial charge in [-0.3, -0.25) is 4.79 Å². The zero-order chi connectivity index (χ0) is 18.3. The van der Waals surface area contributed by atoms with Crippen LogP contribution in [0.25, 0.3) is 0 Å². The van der Waals surface area contributed by atoms with Gasteiger partial charge >= 0.3 is 0 Å². The number of rotatable bonds is 2. The molecular formula is C22H22N4O. The van der Waals surface area contributed by atoms with E-state index in [1.165, 1.54) is 0 Å². The zero-order valence-electron chi connectivity index (χ0n) is 15.2. The van der Waals surface area contributed by atoms with E-state index in [1.54, 1.807) is 0 Å². The van der Waals surface area contributed by atoms with Crippen molar-refractivity contribution in [2.75, 3.05) is 13.1 Å². The van der Waals surface area contributed by atoms with Crippen molar-refractivity contribution in [3.63, 3.8) is 0 Å². The van der Waals surface area contributed by atoms with Crippen LogP contribution in [0, 0.1) is 0 Å². The van der Waals surface area contributed by atoms with Crippen molar-refractivity contribution in [2.45, 2.75) is 42.2 Å². The first kappa shape index (κ1) is 16.5. The first-order chi connectivity index (χ1) is 13.3. The number of hydrogen-bond donors (Lipinski definition) is 0. The van der Waals surface area contributed by atoms with E-state index in [2.05, 4.69) is 44.7 Å². The van der Waals surface area contributed by atoms with Gasteiger partial charge in [0.25, 0.3) is 0 Å². The van der Waals surface area contributed by atoms with Gasteiger partial charge in [0.2, 0.25) is 0 Å². The normalized spacial score (nSPS) is 34.7. The van der Waals surface area contributed by atoms with Gasteiger partial charge in [-0.1, -0.05) is 60.7 Å². The maximum atomic E-state index is 14.0. The third-order valence-electron chi connectivity index (χ3n) is 6.49. The lowest BCUT2D eigenvalue weighted by Crippen LogP contribution is -2.58. The Morgan fingerprint density at radius 2 is 1.15 bits per heavy atom. The van der Waals surface area contributed by atoms with Crippen molar-refractivity contribution >= 4 is 5.78 Å². The van der Waals surface area contributed by atoms with E-state index >= 15 is 0 Å². The minimum absolute atomic E-state index is 0.00408. The van der Waals surface area contributed by atoms with Crippen molar-refractivity contribution in [3.05, 3.63) is 71.8 Å². The minimum Gasteiger partial charge on any atom is -0.294 e. The van der Waals surface area contributed by atoms with Crippen LogP contribution >= 0.6 is 0 Å². The fraction of sp³-hybridized carbons (Fsp3) is 0.409. The fourth-order valence-corrected chi connectivity index (χ4v) is 5.16. The smallest absolute Gasteiger partial charge is 0.192 e. The lowest BCUT2D eigenvalue weighted by molar-refractivity contribution is -0.133. The van der Waals surface area contributed by atoms with Crippen LogP contribution in [0.5, 0.6) is 0 Å². The second-order valence-corrected chi connectivity index (χ2v) is 7.81. The molecular weight excluding hydrogens is 336 g/mol. The molecule has 2 heterocycles. The number of carbonyl (C=O) groups is 1. The molecule has 1 aliphatic carbocycles. The molecule has 3 aliphatic rings. The highest BCUT2D eigenvalue weighted by atomic mass is 16.1. The third kappa shape index (κ3) is 2.34. The molecule has 5 rings (SSSR count). The molecule has 27 heavy (non-hydrogen) atoms. The second kappa shape index (κ2) is 6.19. The van der Waals surface area contributed by atoms with Crippen molar-refractivity contribution in [3.8, 4) is 0 Å². The number of benzene rings is 2. The second-order valence-electron chi connectivity index (χ2n) is 7.81. The number of carbonyl (C=O) groups excluding carboxylic acids is 1. The van der Waals surface area contributed by atoms with Crippen molar-refractivity contribution in [1.82, 2.24) is 0 Å². The molecule has 2 aliphatic heterocycles. The molecule has 0 radical (unpaired) electrons. The molecule has 5 nitrogen and oxygen atoms in total. The largest absolute Gasteiger partial charge is 0.294 e. The molecule has 0 N–H and O–H groups in total. The molecule has 1 saturated carbocycles. The zero-order valence-corrected chi connectivity index (χ0v) is 15.2. The Morgan fingerprint density at radius 3 is 1.59 bits per heavy atom. The summed E-state index contributed by atoms with van der Waals surface area (Å²) in [6, 6.07) is 20.4. The van der Waals surface area contributed by atoms with Gasteiger partial charge in [-0.15, -0.1) is 0 Å². The first-order valence-corrected chi connectivity index (χ1v) is 9.68. The number of nitrogens with zero attached hydrogens (tertiary/aromatic N) is 4. The van der Waals surface area contributed by atoms with E-state index in [1.807, 2.05) is 36.4 Å². The molecule has 0 aromatic heterocycles. The number of azo groups is 2. The van der Waals surface area contributed by atoms with Crippen LogP contribution in [0.15, 0.2) is 81.1 Å². The summed E-state index contributed by atoms with van der Waals surface area (Å²) < 4.78 is 0. The van der Waals surface area contributed by atoms with Gasteiger partial charge in [0, 0.05) is 11.8 Å². The van der Waals surface area contributed by atoms with Crippen molar-refractivity contribution < 1.29 is 4.79 Å². The van der Waals surface area contributed by atoms with E-state index in [-0.39, 0.29) is 17.6 Å². The van der Waals surface area contributed by atoms with Crippen LogP contribution in [0.3, 0.4) is 0 Å². The van der Waals surface area contributed by atoms with E-state index in [0.29, 0.717) is 13.1 Å². The lowest BCUT2D eigenvalue weighted by atomic mass is 9.60. The van der Waals surface area contributed by atoms with Crippen molar-refractivity contribution in [2.24, 2.45) is 20.5 Å². The van der Waals surface area contributed by atoms with Crippen LogP contribution in [0.1, 0.15) is 42.2 Å². The molecule has 0 unspecified atom stereocenters. The van der Waals surface area contributed by atoms with Crippen LogP contribution in [0.2, 0.25) is 0 Å². The van der Waals surface area contributed by atoms with E-state index < -0.39 is 11.1 Å². The molecule has 2 spiro atoms. The van der Waals surface area contributed by atoms with E-state index in [0.717, 1.165) is 30.4 Å². The fourth-order valence-electron chi connectivity index (χ4n) is 5.16. The van der Waals surface area contributed by atoms with Gasteiger partial charge in [-0.25, -0.2) is 0 Å². The summed E-state index contributed by atoms with van der Waals surface area (Å²) in [6.45, 7) is 1.14. The Kier molecular flexibility index (Phi) is 3.78. The summed E-state index contributed by atoms with van der Waals surface area (Å²) in [7, 11) is 0. The Labute approximate surface area is 158 Å². The van der Waals surface area contributed by atoms with Gasteiger partial charge in [-0.2, -0.15) is 20.5 Å². The highest BCUT2D eigenvalue weighted by molar-refractivity contribution is 6.00. The summed E-state index contributed by atoms with van der Waals surface area (Å²) >= 11 is 0. The van der Waals surface area contributed by atoms with Gasteiger partial charge in [0.05, 0.1) is 13.1 Å². The van der Waals surface area contributed by atoms with Crippen LogP contribution in [0.4, 0.5) is 0 Å². The standard InChI is InChI=1S/C22H22N4O/c27-20-21(18(14-23-25-21)16-8-3-1-4-9-16)12-7-13-22(20)19(15-24-26-22)17-10-5-2-6-11-17/h1-6,8-11,18-19H,7,12-15H2/t18-,19-,21-,22-/m0/s1. The lowest BCUT2D eigenvalue weighted by Gasteiger charge is -2.43. The summed E-state index contributed by atoms with van der Waals surface area (Å²) in [4.78, 5) is 14.0. The number of hydrogen-bond acceptors (Lipinski definition) is 5. The molecule has 0 amide bonds. The topological polar surface area (TPSA) is 66.5 Å². The molecule has 5 heteroatoms. The average Bonchev–Trinajstić information content (AvgIpc) is 3.33. The highest BCUT2D eigenvalue weighted by Gasteiger charge is 2.63. The SMILES string of the molecule is O=C1[C@@]2(CCC[C@@]13N=NC[C@H]3c1ccccc1)N=NC[C@H]2c1ccccc1. The van der Waals surface area contributed by atoms with E-state index in [9.17, 15) is 4.79 Å². The molecule has 1 fully saturated rings. The Hall–Kier alpha value is -2.69. The molecule has 4 atom stereocenters. The highest BCUT2D eigenvalue weighted by Crippen LogP contribution is 2.53. The quantitative estimate of drug-likeness (QED) is 0.766. The molecule has 0 bridgehead atoms. The predicted octanol–water partition coefficient (Wildman–Crippen LogP) is 4.72. The molecule has 2 aromatic rings. The average molecular weight is 358 g/mol. The first-order valence-electron chi connectivity index (χ1n) is 9.68. The number of ketones is 1. The van der Waals surface area contributed by atoms with Crippen LogP contribution < -0.4 is 0 Å². The Balaban J connectivity index is 1.58. The van der Waals surface area contributed by atoms with Gasteiger partial charge in [-0.05, 0) is 30.4 Å². The number of Topliss-reactive ketones (excluding diaryl/α,β-unsaturated/α-hetero) is 1. The van der Waals surface area contributed by atoms with Gasteiger partial charge < -0.3 is 0 Å². The monoisotopic (exact) mass is 358 g/mol. The summed E-state index contributed by atoms with van der Waals surface area (Å²) in [5, 5.41) is 17.9. The molecule has 0 saturated heterocycles. The van der Waals surface area contributed by atoms with E-state index in [4.69, 9.17) is 0 Å². The van der Waals surface area contributed by atoms with Crippen molar-refractivity contribution in [1.29, 1.82) is 0 Å². The molecule has 2 aromatic carbocycles. The summed E-state index contributed by atoms with van der Waals surface area (Å²) in [5.74, 6) is 0.109.